The Kier molecular flexibility index (Phi) is 5.75. The van der Waals surface area contributed by atoms with Gasteiger partial charge in [0.05, 0.1) is 0 Å². The first-order chi connectivity index (χ1) is 13.4. The summed E-state index contributed by atoms with van der Waals surface area (Å²) in [5.74, 6) is -0.0549. The van der Waals surface area contributed by atoms with Gasteiger partial charge in [-0.15, -0.1) is 0 Å². The summed E-state index contributed by atoms with van der Waals surface area (Å²) in [6.45, 7) is 4.33. The third kappa shape index (κ3) is 4.04. The summed E-state index contributed by atoms with van der Waals surface area (Å²) in [5, 5.41) is 6.89. The molecular formula is C21H24N4O3. The Morgan fingerprint density at radius 1 is 1.25 bits per heavy atom. The van der Waals surface area contributed by atoms with Gasteiger partial charge in [0.15, 0.2) is 0 Å². The molecule has 7 heteroatoms. The molecule has 1 aromatic carbocycles. The highest BCUT2D eigenvalue weighted by Gasteiger charge is 2.19. The molecule has 0 saturated carbocycles. The zero-order chi connectivity index (χ0) is 20.3. The van der Waals surface area contributed by atoms with Gasteiger partial charge in [0, 0.05) is 38.6 Å². The maximum Gasteiger partial charge on any atom is 0.290 e. The van der Waals surface area contributed by atoms with Crippen molar-refractivity contribution in [2.45, 2.75) is 26.6 Å². The summed E-state index contributed by atoms with van der Waals surface area (Å²) in [6, 6.07) is 12.4. The maximum absolute atomic E-state index is 12.8. The zero-order valence-electron chi connectivity index (χ0n) is 16.3. The number of carbonyl (C=O) groups is 2. The number of carboxylic acid groups (broad SMARTS) is 1. The first kappa shape index (κ1) is 19.6. The van der Waals surface area contributed by atoms with Crippen molar-refractivity contribution < 1.29 is 14.7 Å². The van der Waals surface area contributed by atoms with Gasteiger partial charge in [-0.1, -0.05) is 24.3 Å². The zero-order valence-corrected chi connectivity index (χ0v) is 16.3. The SMILES string of the molecule is Cc1cccc2nc(C(=O)N(C)Cc3ccc4c(c3)CN(C)C4)cn12.O=CO. The molecule has 3 aromatic rings. The second-order valence-electron chi connectivity index (χ2n) is 7.06. The highest BCUT2D eigenvalue weighted by molar-refractivity contribution is 5.92. The van der Waals surface area contributed by atoms with Gasteiger partial charge >= 0.3 is 0 Å². The van der Waals surface area contributed by atoms with E-state index in [2.05, 4.69) is 35.1 Å². The molecule has 0 fully saturated rings. The molecule has 0 saturated heterocycles. The van der Waals surface area contributed by atoms with Crippen LogP contribution in [0.25, 0.3) is 5.65 Å². The lowest BCUT2D eigenvalue weighted by Gasteiger charge is -2.16. The fourth-order valence-electron chi connectivity index (χ4n) is 3.51. The number of benzene rings is 1. The highest BCUT2D eigenvalue weighted by Crippen LogP contribution is 2.23. The molecule has 4 rings (SSSR count). The number of fused-ring (bicyclic) bond motifs is 2. The minimum absolute atomic E-state index is 0.0549. The molecule has 0 unspecified atom stereocenters. The molecule has 0 bridgehead atoms. The number of hydrogen-bond acceptors (Lipinski definition) is 4. The van der Waals surface area contributed by atoms with E-state index >= 15 is 0 Å². The summed E-state index contributed by atoms with van der Waals surface area (Å²) in [6.07, 6.45) is 1.82. The minimum Gasteiger partial charge on any atom is -0.483 e. The lowest BCUT2D eigenvalue weighted by Crippen LogP contribution is -2.26. The van der Waals surface area contributed by atoms with E-state index < -0.39 is 0 Å². The molecule has 0 spiro atoms. The summed E-state index contributed by atoms with van der Waals surface area (Å²) in [5.41, 5.74) is 6.26. The van der Waals surface area contributed by atoms with Gasteiger partial charge in [-0.05, 0) is 42.8 Å². The molecule has 1 aliphatic heterocycles. The average Bonchev–Trinajstić information content (AvgIpc) is 3.24. The van der Waals surface area contributed by atoms with Crippen molar-refractivity contribution in [2.75, 3.05) is 14.1 Å². The van der Waals surface area contributed by atoms with Crippen molar-refractivity contribution in [3.8, 4) is 0 Å². The Hall–Kier alpha value is -3.19. The molecule has 28 heavy (non-hydrogen) atoms. The van der Waals surface area contributed by atoms with Crippen LogP contribution < -0.4 is 0 Å². The van der Waals surface area contributed by atoms with E-state index in [0.717, 1.165) is 30.0 Å². The number of aryl methyl sites for hydroxylation is 1. The van der Waals surface area contributed by atoms with Gasteiger partial charge in [0.2, 0.25) is 0 Å². The van der Waals surface area contributed by atoms with E-state index in [1.165, 1.54) is 11.1 Å². The fraction of sp³-hybridized carbons (Fsp3) is 0.286. The molecular weight excluding hydrogens is 356 g/mol. The van der Waals surface area contributed by atoms with Gasteiger partial charge < -0.3 is 14.4 Å². The second-order valence-corrected chi connectivity index (χ2v) is 7.06. The predicted molar refractivity (Wildman–Crippen MR) is 106 cm³/mol. The second kappa shape index (κ2) is 8.22. The molecule has 1 N–H and O–H groups in total. The van der Waals surface area contributed by atoms with Gasteiger partial charge in [0.1, 0.15) is 11.3 Å². The topological polar surface area (TPSA) is 78.2 Å². The van der Waals surface area contributed by atoms with E-state index in [9.17, 15) is 4.79 Å². The smallest absolute Gasteiger partial charge is 0.290 e. The molecule has 3 heterocycles. The normalized spacial score (nSPS) is 13.0. The summed E-state index contributed by atoms with van der Waals surface area (Å²) < 4.78 is 1.95. The molecule has 0 aliphatic carbocycles. The summed E-state index contributed by atoms with van der Waals surface area (Å²) >= 11 is 0. The van der Waals surface area contributed by atoms with Crippen LogP contribution in [0, 0.1) is 6.92 Å². The van der Waals surface area contributed by atoms with Gasteiger partial charge in [-0.25, -0.2) is 4.98 Å². The third-order valence-electron chi connectivity index (χ3n) is 4.83. The lowest BCUT2D eigenvalue weighted by atomic mass is 10.1. The molecule has 0 atom stereocenters. The monoisotopic (exact) mass is 380 g/mol. The van der Waals surface area contributed by atoms with Crippen molar-refractivity contribution in [1.29, 1.82) is 0 Å². The van der Waals surface area contributed by atoms with Crippen molar-refractivity contribution >= 4 is 18.0 Å². The Morgan fingerprint density at radius 2 is 1.96 bits per heavy atom. The van der Waals surface area contributed by atoms with Crippen molar-refractivity contribution in [3.63, 3.8) is 0 Å². The summed E-state index contributed by atoms with van der Waals surface area (Å²) in [4.78, 5) is 29.6. The lowest BCUT2D eigenvalue weighted by molar-refractivity contribution is -0.122. The van der Waals surface area contributed by atoms with Gasteiger partial charge in [-0.3, -0.25) is 14.5 Å². The molecule has 2 aromatic heterocycles. The molecule has 1 aliphatic rings. The first-order valence-electron chi connectivity index (χ1n) is 9.00. The predicted octanol–water partition coefficient (Wildman–Crippen LogP) is 2.56. The summed E-state index contributed by atoms with van der Waals surface area (Å²) in [7, 11) is 3.96. The minimum atomic E-state index is -0.250. The average molecular weight is 380 g/mol. The van der Waals surface area contributed by atoms with Crippen LogP contribution >= 0.6 is 0 Å². The largest absolute Gasteiger partial charge is 0.483 e. The van der Waals surface area contributed by atoms with Crippen molar-refractivity contribution in [1.82, 2.24) is 19.2 Å². The van der Waals surface area contributed by atoms with E-state index in [1.54, 1.807) is 4.90 Å². The number of rotatable bonds is 3. The number of pyridine rings is 1. The van der Waals surface area contributed by atoms with Crippen LogP contribution in [0.2, 0.25) is 0 Å². The van der Waals surface area contributed by atoms with E-state index in [-0.39, 0.29) is 12.4 Å². The van der Waals surface area contributed by atoms with Crippen LogP contribution in [-0.4, -0.2) is 50.8 Å². The first-order valence-corrected chi connectivity index (χ1v) is 9.00. The number of nitrogens with zero attached hydrogens (tertiary/aromatic N) is 4. The quantitative estimate of drug-likeness (QED) is 0.707. The number of hydrogen-bond donors (Lipinski definition) is 1. The van der Waals surface area contributed by atoms with Crippen molar-refractivity contribution in [2.24, 2.45) is 0 Å². The van der Waals surface area contributed by atoms with E-state index in [4.69, 9.17) is 9.90 Å². The Balaban J connectivity index is 0.000000706. The van der Waals surface area contributed by atoms with Crippen LogP contribution in [0.4, 0.5) is 0 Å². The highest BCUT2D eigenvalue weighted by atomic mass is 16.3. The number of amides is 1. The fourth-order valence-corrected chi connectivity index (χ4v) is 3.51. The van der Waals surface area contributed by atoms with E-state index in [0.29, 0.717) is 12.2 Å². The van der Waals surface area contributed by atoms with Crippen LogP contribution in [0.3, 0.4) is 0 Å². The molecule has 1 amide bonds. The van der Waals surface area contributed by atoms with E-state index in [1.807, 2.05) is 42.8 Å². The standard InChI is InChI=1S/C20H22N4O.CH2O2/c1-14-5-4-6-19-21-18(13-24(14)19)20(25)23(3)10-15-7-8-16-11-22(2)12-17(16)9-15;2-1-3/h4-9,13H,10-12H2,1-3H3;1H,(H,2,3). The van der Waals surface area contributed by atoms with Gasteiger partial charge in [-0.2, -0.15) is 0 Å². The maximum atomic E-state index is 12.8. The van der Waals surface area contributed by atoms with Crippen LogP contribution in [-0.2, 0) is 24.4 Å². The molecule has 146 valence electrons. The molecule has 7 nitrogen and oxygen atoms in total. The van der Waals surface area contributed by atoms with Crippen LogP contribution in [0.15, 0.2) is 42.6 Å². The van der Waals surface area contributed by atoms with Gasteiger partial charge in [0.25, 0.3) is 12.4 Å². The third-order valence-corrected chi connectivity index (χ3v) is 4.83. The Bertz CT molecular complexity index is 1010. The van der Waals surface area contributed by atoms with Crippen molar-refractivity contribution in [3.05, 3.63) is 70.7 Å². The Labute approximate surface area is 163 Å². The molecule has 0 radical (unpaired) electrons. The Morgan fingerprint density at radius 3 is 2.68 bits per heavy atom. The van der Waals surface area contributed by atoms with Crippen LogP contribution in [0.5, 0.6) is 0 Å². The number of imidazole rings is 1. The number of carbonyl (C=O) groups excluding carboxylic acids is 1. The van der Waals surface area contributed by atoms with Crippen LogP contribution in [0.1, 0.15) is 32.9 Å². The number of aromatic nitrogens is 2.